The Bertz CT molecular complexity index is 437. The molecule has 4 nitrogen and oxygen atoms in total. The van der Waals surface area contributed by atoms with E-state index in [9.17, 15) is 9.59 Å². The van der Waals surface area contributed by atoms with E-state index in [0.29, 0.717) is 18.7 Å². The van der Waals surface area contributed by atoms with E-state index in [1.807, 2.05) is 6.07 Å². The molecule has 1 N–H and O–H groups in total. The van der Waals surface area contributed by atoms with Crippen LogP contribution in [0.2, 0.25) is 0 Å². The number of morpholine rings is 1. The highest BCUT2D eigenvalue weighted by Crippen LogP contribution is 2.07. The first-order valence-corrected chi connectivity index (χ1v) is 4.99. The minimum absolute atomic E-state index is 0.0834. The van der Waals surface area contributed by atoms with Crippen LogP contribution in [0, 0.1) is 0 Å². The highest BCUT2D eigenvalue weighted by atomic mass is 16.5. The molecule has 0 unspecified atom stereocenters. The van der Waals surface area contributed by atoms with E-state index in [-0.39, 0.29) is 17.4 Å². The van der Waals surface area contributed by atoms with E-state index in [1.165, 1.54) is 6.08 Å². The van der Waals surface area contributed by atoms with Gasteiger partial charge in [0.05, 0.1) is 6.54 Å². The van der Waals surface area contributed by atoms with Crippen molar-refractivity contribution >= 4 is 11.7 Å². The first-order chi connectivity index (χ1) is 7.77. The Morgan fingerprint density at radius 1 is 1.31 bits per heavy atom. The van der Waals surface area contributed by atoms with E-state index in [0.717, 1.165) is 0 Å². The van der Waals surface area contributed by atoms with E-state index in [2.05, 4.69) is 5.32 Å². The van der Waals surface area contributed by atoms with Crippen molar-refractivity contribution in [3.05, 3.63) is 47.7 Å². The topological polar surface area (TPSA) is 55.4 Å². The standard InChI is InChI=1S/C12H11NO3/c14-10(9-4-2-1-3-5-9)8-11-12(15)13-6-7-16-11/h1-5,8H,6-7H2,(H,13,15)/b11-8+. The number of amides is 1. The molecule has 4 heteroatoms. The molecule has 2 rings (SSSR count). The molecule has 16 heavy (non-hydrogen) atoms. The minimum Gasteiger partial charge on any atom is -0.486 e. The number of nitrogens with one attached hydrogen (secondary N) is 1. The van der Waals surface area contributed by atoms with E-state index in [4.69, 9.17) is 4.74 Å². The van der Waals surface area contributed by atoms with Gasteiger partial charge in [-0.15, -0.1) is 0 Å². The van der Waals surface area contributed by atoms with Crippen LogP contribution < -0.4 is 5.32 Å². The van der Waals surface area contributed by atoms with Gasteiger partial charge in [-0.2, -0.15) is 0 Å². The van der Waals surface area contributed by atoms with Crippen molar-refractivity contribution < 1.29 is 14.3 Å². The molecular weight excluding hydrogens is 206 g/mol. The van der Waals surface area contributed by atoms with Crippen molar-refractivity contribution in [3.63, 3.8) is 0 Å². The Labute approximate surface area is 92.9 Å². The van der Waals surface area contributed by atoms with Gasteiger partial charge in [-0.25, -0.2) is 0 Å². The van der Waals surface area contributed by atoms with Crippen molar-refractivity contribution in [2.24, 2.45) is 0 Å². The van der Waals surface area contributed by atoms with Gasteiger partial charge in [-0.1, -0.05) is 30.3 Å². The molecular formula is C12H11NO3. The summed E-state index contributed by atoms with van der Waals surface area (Å²) in [5.74, 6) is -0.483. The largest absolute Gasteiger partial charge is 0.486 e. The van der Waals surface area contributed by atoms with Crippen LogP contribution in [0.1, 0.15) is 10.4 Å². The fourth-order valence-electron chi connectivity index (χ4n) is 1.39. The van der Waals surface area contributed by atoms with Gasteiger partial charge in [-0.05, 0) is 0 Å². The van der Waals surface area contributed by atoms with E-state index < -0.39 is 0 Å². The average Bonchev–Trinajstić information content (AvgIpc) is 2.33. The van der Waals surface area contributed by atoms with Gasteiger partial charge in [0, 0.05) is 11.6 Å². The third-order valence-corrected chi connectivity index (χ3v) is 2.19. The van der Waals surface area contributed by atoms with Crippen LogP contribution in [0.4, 0.5) is 0 Å². The maximum atomic E-state index is 11.7. The Balaban J connectivity index is 2.17. The smallest absolute Gasteiger partial charge is 0.286 e. The first-order valence-electron chi connectivity index (χ1n) is 4.99. The molecule has 1 aliphatic rings. The second kappa shape index (κ2) is 4.61. The Morgan fingerprint density at radius 2 is 2.06 bits per heavy atom. The predicted molar refractivity (Wildman–Crippen MR) is 57.8 cm³/mol. The number of rotatable bonds is 2. The molecule has 1 aromatic carbocycles. The number of hydrogen-bond acceptors (Lipinski definition) is 3. The second-order valence-corrected chi connectivity index (χ2v) is 3.34. The normalized spacial score (nSPS) is 17.8. The molecule has 0 bridgehead atoms. The number of carbonyl (C=O) groups excluding carboxylic acids is 2. The fraction of sp³-hybridized carbons (Fsp3) is 0.167. The van der Waals surface area contributed by atoms with Crippen LogP contribution >= 0.6 is 0 Å². The summed E-state index contributed by atoms with van der Waals surface area (Å²) in [6.45, 7) is 0.884. The van der Waals surface area contributed by atoms with E-state index >= 15 is 0 Å². The lowest BCUT2D eigenvalue weighted by Crippen LogP contribution is -2.35. The highest BCUT2D eigenvalue weighted by Gasteiger charge is 2.17. The molecule has 1 saturated heterocycles. The second-order valence-electron chi connectivity index (χ2n) is 3.34. The Morgan fingerprint density at radius 3 is 2.75 bits per heavy atom. The zero-order chi connectivity index (χ0) is 11.4. The molecule has 1 fully saturated rings. The zero-order valence-electron chi connectivity index (χ0n) is 8.60. The quantitative estimate of drug-likeness (QED) is 0.591. The van der Waals surface area contributed by atoms with Crippen LogP contribution in [-0.4, -0.2) is 24.8 Å². The lowest BCUT2D eigenvalue weighted by atomic mass is 10.1. The van der Waals surface area contributed by atoms with Gasteiger partial charge in [0.25, 0.3) is 5.91 Å². The number of carbonyl (C=O) groups is 2. The molecule has 1 aromatic rings. The highest BCUT2D eigenvalue weighted by molar-refractivity contribution is 6.08. The van der Waals surface area contributed by atoms with E-state index in [1.54, 1.807) is 24.3 Å². The van der Waals surface area contributed by atoms with Crippen LogP contribution in [0.3, 0.4) is 0 Å². The van der Waals surface area contributed by atoms with Crippen LogP contribution in [0.15, 0.2) is 42.2 Å². The average molecular weight is 217 g/mol. The Hall–Kier alpha value is -2.10. The summed E-state index contributed by atoms with van der Waals surface area (Å²) in [6.07, 6.45) is 1.23. The molecule has 0 aromatic heterocycles. The molecule has 1 heterocycles. The minimum atomic E-state index is -0.337. The van der Waals surface area contributed by atoms with Gasteiger partial charge in [0.1, 0.15) is 6.61 Å². The number of ether oxygens (including phenoxy) is 1. The Kier molecular flexibility index (Phi) is 3.00. The third-order valence-electron chi connectivity index (χ3n) is 2.19. The summed E-state index contributed by atoms with van der Waals surface area (Å²) >= 11 is 0. The molecule has 1 amide bonds. The van der Waals surface area contributed by atoms with Crippen LogP contribution in [-0.2, 0) is 9.53 Å². The van der Waals surface area contributed by atoms with Crippen molar-refractivity contribution in [1.29, 1.82) is 0 Å². The summed E-state index contributed by atoms with van der Waals surface area (Å²) in [7, 11) is 0. The van der Waals surface area contributed by atoms with Crippen molar-refractivity contribution in [2.45, 2.75) is 0 Å². The lowest BCUT2D eigenvalue weighted by Gasteiger charge is -2.15. The number of benzene rings is 1. The van der Waals surface area contributed by atoms with Gasteiger partial charge in [0.15, 0.2) is 11.5 Å². The molecule has 0 aliphatic carbocycles. The number of allylic oxidation sites excluding steroid dienone is 1. The number of ketones is 1. The maximum Gasteiger partial charge on any atom is 0.286 e. The van der Waals surface area contributed by atoms with Crippen LogP contribution in [0.25, 0.3) is 0 Å². The van der Waals surface area contributed by atoms with Gasteiger partial charge in [-0.3, -0.25) is 9.59 Å². The molecule has 0 saturated carbocycles. The SMILES string of the molecule is O=C1NCCO/C1=C/C(=O)c1ccccc1. The molecule has 0 atom stereocenters. The predicted octanol–water partition coefficient (Wildman–Crippen LogP) is 0.900. The monoisotopic (exact) mass is 217 g/mol. The number of hydrogen-bond donors (Lipinski definition) is 1. The fourth-order valence-corrected chi connectivity index (χ4v) is 1.39. The summed E-state index contributed by atoms with van der Waals surface area (Å²) in [4.78, 5) is 23.0. The summed E-state index contributed by atoms with van der Waals surface area (Å²) in [6, 6.07) is 8.76. The molecule has 82 valence electrons. The lowest BCUT2D eigenvalue weighted by molar-refractivity contribution is -0.123. The van der Waals surface area contributed by atoms with Crippen molar-refractivity contribution in [2.75, 3.05) is 13.2 Å². The van der Waals surface area contributed by atoms with Crippen molar-refractivity contribution in [1.82, 2.24) is 5.32 Å². The van der Waals surface area contributed by atoms with Crippen LogP contribution in [0.5, 0.6) is 0 Å². The maximum absolute atomic E-state index is 11.7. The molecule has 0 spiro atoms. The van der Waals surface area contributed by atoms with Gasteiger partial charge < -0.3 is 10.1 Å². The summed E-state index contributed by atoms with van der Waals surface area (Å²) in [5, 5.41) is 2.60. The third kappa shape index (κ3) is 2.28. The summed E-state index contributed by atoms with van der Waals surface area (Å²) < 4.78 is 5.11. The molecule has 0 radical (unpaired) electrons. The zero-order valence-corrected chi connectivity index (χ0v) is 8.60. The first kappa shape index (κ1) is 10.4. The molecule has 1 aliphatic heterocycles. The summed E-state index contributed by atoms with van der Waals surface area (Å²) in [5.41, 5.74) is 0.539. The van der Waals surface area contributed by atoms with Crippen molar-refractivity contribution in [3.8, 4) is 0 Å². The van der Waals surface area contributed by atoms with Gasteiger partial charge >= 0.3 is 0 Å². The van der Waals surface area contributed by atoms with Gasteiger partial charge in [0.2, 0.25) is 0 Å².